The number of anilines is 1. The Kier molecular flexibility index (Phi) is 7.18. The fourth-order valence-electron chi connectivity index (χ4n) is 3.31. The molecule has 4 N–H and O–H groups in total. The molecule has 2 amide bonds. The molecule has 2 aromatic carbocycles. The van der Waals surface area contributed by atoms with E-state index in [1.165, 1.54) is 0 Å². The van der Waals surface area contributed by atoms with Crippen molar-refractivity contribution >= 4 is 35.7 Å². The molecule has 7 heteroatoms. The maximum absolute atomic E-state index is 12.5. The van der Waals surface area contributed by atoms with Crippen LogP contribution in [0.3, 0.4) is 0 Å². The van der Waals surface area contributed by atoms with Gasteiger partial charge in [-0.15, -0.1) is 12.4 Å². The van der Waals surface area contributed by atoms with Crippen LogP contribution < -0.4 is 11.1 Å². The molecule has 1 fully saturated rings. The molecule has 1 aliphatic rings. The Balaban J connectivity index is 0.00000280. The van der Waals surface area contributed by atoms with Gasteiger partial charge in [0.2, 0.25) is 5.91 Å². The number of hydrogen-bond donors (Lipinski definition) is 3. The van der Waals surface area contributed by atoms with Crippen molar-refractivity contribution in [2.24, 2.45) is 5.73 Å². The first kappa shape index (κ1) is 21.4. The molecule has 0 aliphatic carbocycles. The number of hydrogen-bond acceptors (Lipinski definition) is 3. The highest BCUT2D eigenvalue weighted by Crippen LogP contribution is 2.20. The number of amidine groups is 1. The van der Waals surface area contributed by atoms with Crippen LogP contribution in [-0.2, 0) is 11.2 Å². The molecule has 148 valence electrons. The number of likely N-dealkylation sites (tertiary alicyclic amines) is 1. The molecule has 2 aromatic rings. The number of rotatable bonds is 5. The lowest BCUT2D eigenvalue weighted by atomic mass is 10.1. The number of nitrogens with two attached hydrogens (primary N) is 1. The molecule has 1 heterocycles. The Morgan fingerprint density at radius 1 is 1.14 bits per heavy atom. The van der Waals surface area contributed by atoms with E-state index in [1.807, 2.05) is 24.0 Å². The third-order valence-corrected chi connectivity index (χ3v) is 4.74. The monoisotopic (exact) mass is 400 g/mol. The average molecular weight is 401 g/mol. The summed E-state index contributed by atoms with van der Waals surface area (Å²) in [6.07, 6.45) is 2.31. The van der Waals surface area contributed by atoms with Gasteiger partial charge in [0.1, 0.15) is 5.84 Å². The van der Waals surface area contributed by atoms with Crippen LogP contribution in [0.15, 0.2) is 42.5 Å². The number of benzene rings is 2. The zero-order valence-corrected chi connectivity index (χ0v) is 16.6. The van der Waals surface area contributed by atoms with E-state index in [9.17, 15) is 9.59 Å². The minimum atomic E-state index is -0.159. The molecule has 1 saturated heterocycles. The summed E-state index contributed by atoms with van der Waals surface area (Å²) in [7, 11) is 0. The smallest absolute Gasteiger partial charge is 0.254 e. The van der Waals surface area contributed by atoms with E-state index in [4.69, 9.17) is 11.1 Å². The highest BCUT2D eigenvalue weighted by atomic mass is 35.5. The van der Waals surface area contributed by atoms with Gasteiger partial charge >= 0.3 is 0 Å². The topological polar surface area (TPSA) is 99.3 Å². The third kappa shape index (κ3) is 5.10. The summed E-state index contributed by atoms with van der Waals surface area (Å²) in [6.45, 7) is 3.52. The van der Waals surface area contributed by atoms with Crippen molar-refractivity contribution in [2.75, 3.05) is 18.4 Å². The fourth-order valence-corrected chi connectivity index (χ4v) is 3.31. The van der Waals surface area contributed by atoms with Crippen molar-refractivity contribution in [3.05, 3.63) is 64.7 Å². The predicted octanol–water partition coefficient (Wildman–Crippen LogP) is 3.12. The zero-order valence-electron chi connectivity index (χ0n) is 15.8. The van der Waals surface area contributed by atoms with Crippen molar-refractivity contribution in [2.45, 2.75) is 26.2 Å². The maximum Gasteiger partial charge on any atom is 0.254 e. The number of nitrogens with one attached hydrogen (secondary N) is 2. The van der Waals surface area contributed by atoms with Crippen molar-refractivity contribution in [3.63, 3.8) is 0 Å². The summed E-state index contributed by atoms with van der Waals surface area (Å²) in [5, 5.41) is 10.3. The Morgan fingerprint density at radius 3 is 2.50 bits per heavy atom. The second-order valence-corrected chi connectivity index (χ2v) is 6.87. The van der Waals surface area contributed by atoms with Crippen molar-refractivity contribution < 1.29 is 9.59 Å². The van der Waals surface area contributed by atoms with Crippen LogP contribution in [0.25, 0.3) is 0 Å². The Labute approximate surface area is 171 Å². The number of amides is 2. The lowest BCUT2D eigenvalue weighted by Crippen LogP contribution is -2.28. The summed E-state index contributed by atoms with van der Waals surface area (Å²) >= 11 is 0. The van der Waals surface area contributed by atoms with Crippen molar-refractivity contribution in [1.29, 1.82) is 5.41 Å². The normalized spacial score (nSPS) is 13.0. The molecule has 3 rings (SSSR count). The molecule has 0 unspecified atom stereocenters. The van der Waals surface area contributed by atoms with Gasteiger partial charge in [0.25, 0.3) is 5.91 Å². The number of carbonyl (C=O) groups is 2. The molecule has 0 spiro atoms. The van der Waals surface area contributed by atoms with Crippen LogP contribution in [-0.4, -0.2) is 35.6 Å². The molecule has 0 aromatic heterocycles. The van der Waals surface area contributed by atoms with E-state index < -0.39 is 0 Å². The van der Waals surface area contributed by atoms with E-state index in [0.717, 1.165) is 37.1 Å². The fraction of sp³-hybridized carbons (Fsp3) is 0.286. The standard InChI is InChI=1S/C21H24N4O2.ClH/c1-14-11-17(7-8-18(14)21(27)25-9-2-3-10-25)24-19(26)13-15-5-4-6-16(12-15)20(22)23;/h4-8,11-12H,2-3,9-10,13H2,1H3,(H3,22,23)(H,24,26);1H. The first-order valence-electron chi connectivity index (χ1n) is 9.07. The number of halogens is 1. The quantitative estimate of drug-likeness (QED) is 0.531. The van der Waals surface area contributed by atoms with E-state index in [2.05, 4.69) is 5.32 Å². The molecule has 0 radical (unpaired) electrons. The van der Waals surface area contributed by atoms with Gasteiger partial charge in [0, 0.05) is 29.9 Å². The molecule has 28 heavy (non-hydrogen) atoms. The predicted molar refractivity (Wildman–Crippen MR) is 113 cm³/mol. The second-order valence-electron chi connectivity index (χ2n) is 6.87. The lowest BCUT2D eigenvalue weighted by Gasteiger charge is -2.17. The summed E-state index contributed by atoms with van der Waals surface area (Å²) in [5.74, 6) is -0.121. The largest absolute Gasteiger partial charge is 0.384 e. The van der Waals surface area contributed by atoms with Gasteiger partial charge in [-0.25, -0.2) is 0 Å². The molecular weight excluding hydrogens is 376 g/mol. The van der Waals surface area contributed by atoms with E-state index in [0.29, 0.717) is 16.8 Å². The van der Waals surface area contributed by atoms with E-state index in [1.54, 1.807) is 30.3 Å². The van der Waals surface area contributed by atoms with Gasteiger partial charge in [-0.1, -0.05) is 18.2 Å². The van der Waals surface area contributed by atoms with Gasteiger partial charge in [-0.3, -0.25) is 15.0 Å². The highest BCUT2D eigenvalue weighted by Gasteiger charge is 2.21. The lowest BCUT2D eigenvalue weighted by molar-refractivity contribution is -0.115. The molecule has 1 aliphatic heterocycles. The average Bonchev–Trinajstić information content (AvgIpc) is 3.16. The zero-order chi connectivity index (χ0) is 19.4. The van der Waals surface area contributed by atoms with Gasteiger partial charge in [0.15, 0.2) is 0 Å². The minimum Gasteiger partial charge on any atom is -0.384 e. The number of nitrogens with zero attached hydrogens (tertiary/aromatic N) is 1. The van der Waals surface area contributed by atoms with Gasteiger partial charge < -0.3 is 16.0 Å². The van der Waals surface area contributed by atoms with Crippen LogP contribution in [0.4, 0.5) is 5.69 Å². The number of aryl methyl sites for hydroxylation is 1. The Bertz CT molecular complexity index is 892. The minimum absolute atomic E-state index is 0. The van der Waals surface area contributed by atoms with E-state index in [-0.39, 0.29) is 36.5 Å². The Hall–Kier alpha value is -2.86. The molecule has 0 saturated carbocycles. The number of nitrogen functional groups attached to an aromatic ring is 1. The second kappa shape index (κ2) is 9.37. The van der Waals surface area contributed by atoms with Crippen LogP contribution in [0.5, 0.6) is 0 Å². The molecular formula is C21H25ClN4O2. The summed E-state index contributed by atoms with van der Waals surface area (Å²) in [5.41, 5.74) is 9.08. The van der Waals surface area contributed by atoms with Crippen molar-refractivity contribution in [3.8, 4) is 0 Å². The molecule has 0 bridgehead atoms. The first-order valence-corrected chi connectivity index (χ1v) is 9.07. The van der Waals surface area contributed by atoms with E-state index >= 15 is 0 Å². The van der Waals surface area contributed by atoms with Crippen LogP contribution in [0.1, 0.15) is 39.9 Å². The Morgan fingerprint density at radius 2 is 1.86 bits per heavy atom. The van der Waals surface area contributed by atoms with Crippen LogP contribution in [0, 0.1) is 12.3 Å². The number of carbonyl (C=O) groups excluding carboxylic acids is 2. The molecule has 0 atom stereocenters. The summed E-state index contributed by atoms with van der Waals surface area (Å²) < 4.78 is 0. The maximum atomic E-state index is 12.5. The first-order chi connectivity index (χ1) is 12.9. The highest BCUT2D eigenvalue weighted by molar-refractivity contribution is 5.98. The molecule has 6 nitrogen and oxygen atoms in total. The third-order valence-electron chi connectivity index (χ3n) is 4.74. The SMILES string of the molecule is Cc1cc(NC(=O)Cc2cccc(C(=N)N)c2)ccc1C(=O)N1CCCC1.Cl. The van der Waals surface area contributed by atoms with Gasteiger partial charge in [-0.05, 0) is 55.2 Å². The van der Waals surface area contributed by atoms with Crippen LogP contribution in [0.2, 0.25) is 0 Å². The van der Waals surface area contributed by atoms with Gasteiger partial charge in [0.05, 0.1) is 6.42 Å². The van der Waals surface area contributed by atoms with Crippen molar-refractivity contribution in [1.82, 2.24) is 4.90 Å². The summed E-state index contributed by atoms with van der Waals surface area (Å²) in [4.78, 5) is 26.7. The summed E-state index contributed by atoms with van der Waals surface area (Å²) in [6, 6.07) is 12.5. The van der Waals surface area contributed by atoms with Crippen LogP contribution >= 0.6 is 12.4 Å². The van der Waals surface area contributed by atoms with Gasteiger partial charge in [-0.2, -0.15) is 0 Å².